The summed E-state index contributed by atoms with van der Waals surface area (Å²) in [5.74, 6) is -0.973. The highest BCUT2D eigenvalue weighted by Crippen LogP contribution is 2.21. The molecule has 0 aliphatic carbocycles. The van der Waals surface area contributed by atoms with E-state index in [1.165, 1.54) is 18.2 Å². The van der Waals surface area contributed by atoms with Gasteiger partial charge in [0.25, 0.3) is 5.69 Å². The van der Waals surface area contributed by atoms with Gasteiger partial charge < -0.3 is 4.74 Å². The first-order chi connectivity index (χ1) is 9.06. The highest BCUT2D eigenvalue weighted by atomic mass is 32.2. The topological polar surface area (TPSA) is 86.5 Å². The van der Waals surface area contributed by atoms with Gasteiger partial charge in [-0.25, -0.2) is 0 Å². The molecular formula is C12H15NO5S. The molecule has 1 atom stereocenters. The van der Waals surface area contributed by atoms with E-state index in [1.54, 1.807) is 6.07 Å². The summed E-state index contributed by atoms with van der Waals surface area (Å²) in [7, 11) is -1.77. The van der Waals surface area contributed by atoms with Crippen LogP contribution in [0.2, 0.25) is 0 Å². The molecule has 0 aliphatic rings. The molecule has 0 bridgehead atoms. The summed E-state index contributed by atoms with van der Waals surface area (Å²) in [5, 5.41) is 10.8. The summed E-state index contributed by atoms with van der Waals surface area (Å²) in [4.78, 5) is 21.6. The van der Waals surface area contributed by atoms with Gasteiger partial charge in [-0.05, 0) is 12.5 Å². The SMILES string of the molecule is CCCCOC(=O)CS(=O)c1ccccc1[N+](=O)[O-]. The first-order valence-electron chi connectivity index (χ1n) is 5.83. The Morgan fingerprint density at radius 2 is 2.11 bits per heavy atom. The monoisotopic (exact) mass is 285 g/mol. The first kappa shape index (κ1) is 15.3. The molecule has 0 N–H and O–H groups in total. The lowest BCUT2D eigenvalue weighted by Crippen LogP contribution is -2.15. The average molecular weight is 285 g/mol. The zero-order valence-electron chi connectivity index (χ0n) is 10.5. The minimum absolute atomic E-state index is 0.0416. The van der Waals surface area contributed by atoms with Crippen LogP contribution in [-0.4, -0.2) is 27.5 Å². The van der Waals surface area contributed by atoms with E-state index < -0.39 is 21.7 Å². The fraction of sp³-hybridized carbons (Fsp3) is 0.417. The van der Waals surface area contributed by atoms with E-state index in [1.807, 2.05) is 6.92 Å². The van der Waals surface area contributed by atoms with Crippen molar-refractivity contribution in [3.63, 3.8) is 0 Å². The predicted octanol–water partition coefficient (Wildman–Crippen LogP) is 2.05. The molecule has 0 saturated heterocycles. The summed E-state index contributed by atoms with van der Waals surface area (Å²) in [6, 6.07) is 5.67. The van der Waals surface area contributed by atoms with Crippen molar-refractivity contribution in [2.24, 2.45) is 0 Å². The number of benzene rings is 1. The largest absolute Gasteiger partial charge is 0.465 e. The summed E-state index contributed by atoms with van der Waals surface area (Å²) in [5.41, 5.74) is -0.248. The van der Waals surface area contributed by atoms with E-state index in [0.717, 1.165) is 12.8 Å². The Labute approximate surface area is 113 Å². The molecule has 0 heterocycles. The Hall–Kier alpha value is -1.76. The number of hydrogen-bond donors (Lipinski definition) is 0. The van der Waals surface area contributed by atoms with Crippen molar-refractivity contribution in [1.29, 1.82) is 0 Å². The zero-order chi connectivity index (χ0) is 14.3. The molecule has 0 radical (unpaired) electrons. The summed E-state index contributed by atoms with van der Waals surface area (Å²) in [6.45, 7) is 2.24. The maximum atomic E-state index is 11.9. The van der Waals surface area contributed by atoms with E-state index in [4.69, 9.17) is 4.74 Å². The van der Waals surface area contributed by atoms with E-state index in [0.29, 0.717) is 0 Å². The molecule has 0 aromatic heterocycles. The smallest absolute Gasteiger partial charge is 0.318 e. The number of carbonyl (C=O) groups excluding carboxylic acids is 1. The Morgan fingerprint density at radius 1 is 1.42 bits per heavy atom. The maximum Gasteiger partial charge on any atom is 0.318 e. The van der Waals surface area contributed by atoms with Crippen molar-refractivity contribution in [1.82, 2.24) is 0 Å². The Bertz CT molecular complexity index is 489. The number of ether oxygens (including phenoxy) is 1. The minimum Gasteiger partial charge on any atom is -0.465 e. The van der Waals surface area contributed by atoms with Crippen LogP contribution in [0.15, 0.2) is 29.2 Å². The Kier molecular flexibility index (Phi) is 6.14. The van der Waals surface area contributed by atoms with Gasteiger partial charge in [-0.1, -0.05) is 25.5 Å². The third-order valence-electron chi connectivity index (χ3n) is 2.32. The number of hydrogen-bond acceptors (Lipinski definition) is 5. The number of esters is 1. The van der Waals surface area contributed by atoms with Gasteiger partial charge in [0.2, 0.25) is 0 Å². The van der Waals surface area contributed by atoms with Crippen molar-refractivity contribution >= 4 is 22.5 Å². The second-order valence-corrected chi connectivity index (χ2v) is 5.21. The second-order valence-electron chi connectivity index (χ2n) is 3.79. The molecule has 1 unspecified atom stereocenters. The van der Waals surface area contributed by atoms with Gasteiger partial charge in [0.15, 0.2) is 0 Å². The quantitative estimate of drug-likeness (QED) is 0.331. The van der Waals surface area contributed by atoms with Crippen LogP contribution in [0.5, 0.6) is 0 Å². The lowest BCUT2D eigenvalue weighted by Gasteiger charge is -2.04. The molecule has 1 rings (SSSR count). The van der Waals surface area contributed by atoms with Crippen molar-refractivity contribution in [2.45, 2.75) is 24.7 Å². The van der Waals surface area contributed by atoms with Crippen molar-refractivity contribution in [2.75, 3.05) is 12.4 Å². The van der Waals surface area contributed by atoms with Gasteiger partial charge in [0.1, 0.15) is 10.6 Å². The minimum atomic E-state index is -1.77. The normalized spacial score (nSPS) is 11.8. The predicted molar refractivity (Wildman–Crippen MR) is 70.2 cm³/mol. The van der Waals surface area contributed by atoms with Gasteiger partial charge >= 0.3 is 5.97 Å². The van der Waals surface area contributed by atoms with Crippen LogP contribution in [0.4, 0.5) is 5.69 Å². The van der Waals surface area contributed by atoms with Crippen LogP contribution in [0, 0.1) is 10.1 Å². The molecule has 1 aromatic rings. The number of nitrogens with zero attached hydrogens (tertiary/aromatic N) is 1. The second kappa shape index (κ2) is 7.63. The number of para-hydroxylation sites is 1. The van der Waals surface area contributed by atoms with Crippen molar-refractivity contribution in [3.05, 3.63) is 34.4 Å². The lowest BCUT2D eigenvalue weighted by atomic mass is 10.3. The molecule has 0 spiro atoms. The van der Waals surface area contributed by atoms with Crippen molar-refractivity contribution in [3.8, 4) is 0 Å². The number of nitro benzene ring substituents is 1. The van der Waals surface area contributed by atoms with Crippen LogP contribution in [0.1, 0.15) is 19.8 Å². The maximum absolute atomic E-state index is 11.9. The fourth-order valence-electron chi connectivity index (χ4n) is 1.36. The fourth-order valence-corrected chi connectivity index (χ4v) is 2.42. The van der Waals surface area contributed by atoms with Crippen LogP contribution in [0.25, 0.3) is 0 Å². The molecule has 1 aromatic carbocycles. The summed E-state index contributed by atoms with van der Waals surface area (Å²) < 4.78 is 16.8. The molecular weight excluding hydrogens is 270 g/mol. The third kappa shape index (κ3) is 4.78. The summed E-state index contributed by atoms with van der Waals surface area (Å²) in [6.07, 6.45) is 1.63. The average Bonchev–Trinajstić information content (AvgIpc) is 2.39. The highest BCUT2D eigenvalue weighted by molar-refractivity contribution is 7.85. The molecule has 0 fully saturated rings. The number of unbranched alkanes of at least 4 members (excludes halogenated alkanes) is 1. The third-order valence-corrected chi connectivity index (χ3v) is 3.65. The lowest BCUT2D eigenvalue weighted by molar-refractivity contribution is -0.387. The molecule has 104 valence electrons. The van der Waals surface area contributed by atoms with E-state index in [9.17, 15) is 19.1 Å². The molecule has 0 saturated carbocycles. The molecule has 6 nitrogen and oxygen atoms in total. The molecule has 0 aliphatic heterocycles. The standard InChI is InChI=1S/C12H15NO5S/c1-2-3-8-18-12(14)9-19(17)11-7-5-4-6-10(11)13(15)16/h4-7H,2-3,8-9H2,1H3. The van der Waals surface area contributed by atoms with Gasteiger partial charge in [0, 0.05) is 6.07 Å². The van der Waals surface area contributed by atoms with Crippen LogP contribution >= 0.6 is 0 Å². The van der Waals surface area contributed by atoms with Gasteiger partial charge in [-0.15, -0.1) is 0 Å². The van der Waals surface area contributed by atoms with Gasteiger partial charge in [0.05, 0.1) is 22.3 Å². The van der Waals surface area contributed by atoms with E-state index in [2.05, 4.69) is 0 Å². The molecule has 7 heteroatoms. The van der Waals surface area contributed by atoms with E-state index >= 15 is 0 Å². The summed E-state index contributed by atoms with van der Waals surface area (Å²) >= 11 is 0. The Balaban J connectivity index is 2.68. The zero-order valence-corrected chi connectivity index (χ0v) is 11.4. The number of carbonyl (C=O) groups is 1. The Morgan fingerprint density at radius 3 is 2.74 bits per heavy atom. The van der Waals surface area contributed by atoms with Gasteiger partial charge in [-0.3, -0.25) is 19.1 Å². The number of nitro groups is 1. The van der Waals surface area contributed by atoms with Crippen LogP contribution < -0.4 is 0 Å². The number of rotatable bonds is 7. The molecule has 19 heavy (non-hydrogen) atoms. The highest BCUT2D eigenvalue weighted by Gasteiger charge is 2.20. The van der Waals surface area contributed by atoms with Crippen molar-refractivity contribution < 1.29 is 18.7 Å². The van der Waals surface area contributed by atoms with Crippen LogP contribution in [-0.2, 0) is 20.3 Å². The van der Waals surface area contributed by atoms with E-state index in [-0.39, 0.29) is 22.9 Å². The molecule has 0 amide bonds. The van der Waals surface area contributed by atoms with Gasteiger partial charge in [-0.2, -0.15) is 0 Å². The first-order valence-corrected chi connectivity index (χ1v) is 7.15. The van der Waals surface area contributed by atoms with Crippen LogP contribution in [0.3, 0.4) is 0 Å².